The Labute approximate surface area is 140 Å². The Morgan fingerprint density at radius 2 is 2.12 bits per heavy atom. The Balaban J connectivity index is 1.67. The summed E-state index contributed by atoms with van der Waals surface area (Å²) in [5.41, 5.74) is 2.52. The lowest BCUT2D eigenvalue weighted by Crippen LogP contribution is -2.31. The predicted molar refractivity (Wildman–Crippen MR) is 91.9 cm³/mol. The summed E-state index contributed by atoms with van der Waals surface area (Å²) < 4.78 is 7.63. The number of imidazole rings is 1. The minimum Gasteiger partial charge on any atom is -0.461 e. The van der Waals surface area contributed by atoms with Crippen molar-refractivity contribution in [1.29, 1.82) is 0 Å². The lowest BCUT2D eigenvalue weighted by molar-refractivity contribution is 0.0728. The van der Waals surface area contributed by atoms with Crippen LogP contribution in [0.25, 0.3) is 11.0 Å². The van der Waals surface area contributed by atoms with Crippen LogP contribution in [0.4, 0.5) is 0 Å². The fourth-order valence-corrected chi connectivity index (χ4v) is 3.70. The number of furan rings is 1. The third-order valence-electron chi connectivity index (χ3n) is 4.73. The van der Waals surface area contributed by atoms with Crippen LogP contribution >= 0.6 is 0 Å². The highest BCUT2D eigenvalue weighted by molar-refractivity contribution is 5.98. The van der Waals surface area contributed by atoms with E-state index < -0.39 is 0 Å². The van der Waals surface area contributed by atoms with E-state index in [1.54, 1.807) is 0 Å². The molecular formula is C19H21N3O2. The molecule has 3 heterocycles. The van der Waals surface area contributed by atoms with Gasteiger partial charge in [-0.3, -0.25) is 4.79 Å². The van der Waals surface area contributed by atoms with Crippen LogP contribution in [-0.4, -0.2) is 26.9 Å². The first kappa shape index (κ1) is 15.0. The molecule has 0 N–H and O–H groups in total. The van der Waals surface area contributed by atoms with Crippen LogP contribution in [0.5, 0.6) is 0 Å². The number of rotatable bonds is 2. The van der Waals surface area contributed by atoms with Crippen molar-refractivity contribution in [2.24, 2.45) is 7.05 Å². The Hall–Kier alpha value is -2.56. The zero-order valence-electron chi connectivity index (χ0n) is 14.2. The molecule has 0 bridgehead atoms. The van der Waals surface area contributed by atoms with E-state index in [2.05, 4.69) is 4.98 Å². The molecule has 1 aliphatic heterocycles. The van der Waals surface area contributed by atoms with Crippen LogP contribution in [-0.2, 0) is 7.05 Å². The number of likely N-dealkylation sites (tertiary alicyclic amines) is 1. The maximum Gasteiger partial charge on any atom is 0.254 e. The predicted octanol–water partition coefficient (Wildman–Crippen LogP) is 3.76. The number of nitrogens with zero attached hydrogens (tertiary/aromatic N) is 3. The molecule has 24 heavy (non-hydrogen) atoms. The van der Waals surface area contributed by atoms with E-state index in [0.717, 1.165) is 47.6 Å². The first-order valence-corrected chi connectivity index (χ1v) is 8.34. The maximum atomic E-state index is 13.1. The zero-order valence-corrected chi connectivity index (χ0v) is 14.2. The fourth-order valence-electron chi connectivity index (χ4n) is 3.70. The molecule has 1 fully saturated rings. The van der Waals surface area contributed by atoms with E-state index in [-0.39, 0.29) is 11.9 Å². The van der Waals surface area contributed by atoms with Crippen molar-refractivity contribution >= 4 is 16.9 Å². The van der Waals surface area contributed by atoms with Crippen LogP contribution in [0.3, 0.4) is 0 Å². The van der Waals surface area contributed by atoms with Gasteiger partial charge in [0.1, 0.15) is 17.2 Å². The second-order valence-electron chi connectivity index (χ2n) is 6.62. The lowest BCUT2D eigenvalue weighted by Gasteiger charge is -2.24. The Kier molecular flexibility index (Phi) is 3.44. The molecule has 5 heteroatoms. The number of amides is 1. The van der Waals surface area contributed by atoms with Gasteiger partial charge in [0, 0.05) is 30.7 Å². The van der Waals surface area contributed by atoms with E-state index >= 15 is 0 Å². The Morgan fingerprint density at radius 3 is 2.88 bits per heavy atom. The number of aromatic nitrogens is 2. The third-order valence-corrected chi connectivity index (χ3v) is 4.73. The molecule has 124 valence electrons. The standard InChI is InChI=1S/C19H21N3O2/c1-12-11-21(3)18(20-12)16-5-4-8-22(16)19(23)14-6-7-17-15(10-14)9-13(2)24-17/h6-7,9-11,16H,4-5,8H2,1-3H3. The number of fused-ring (bicyclic) bond motifs is 1. The van der Waals surface area contributed by atoms with Gasteiger partial charge in [-0.05, 0) is 51.0 Å². The number of benzene rings is 1. The van der Waals surface area contributed by atoms with Crippen LogP contribution in [0.15, 0.2) is 34.9 Å². The maximum absolute atomic E-state index is 13.1. The second kappa shape index (κ2) is 5.51. The molecule has 1 aliphatic rings. The molecule has 1 amide bonds. The average molecular weight is 323 g/mol. The van der Waals surface area contributed by atoms with E-state index in [1.165, 1.54) is 0 Å². The number of carbonyl (C=O) groups excluding carboxylic acids is 1. The van der Waals surface area contributed by atoms with Crippen molar-refractivity contribution in [2.45, 2.75) is 32.7 Å². The van der Waals surface area contributed by atoms with Crippen LogP contribution in [0, 0.1) is 13.8 Å². The molecule has 0 saturated carbocycles. The van der Waals surface area contributed by atoms with Gasteiger partial charge in [0.15, 0.2) is 0 Å². The molecule has 2 aromatic heterocycles. The van der Waals surface area contributed by atoms with Crippen LogP contribution in [0.1, 0.15) is 46.5 Å². The zero-order chi connectivity index (χ0) is 16.8. The number of aryl methyl sites for hydroxylation is 3. The number of hydrogen-bond acceptors (Lipinski definition) is 3. The van der Waals surface area contributed by atoms with Gasteiger partial charge in [-0.2, -0.15) is 0 Å². The highest BCUT2D eigenvalue weighted by Gasteiger charge is 2.33. The summed E-state index contributed by atoms with van der Waals surface area (Å²) in [5.74, 6) is 1.90. The van der Waals surface area contributed by atoms with Gasteiger partial charge < -0.3 is 13.9 Å². The van der Waals surface area contributed by atoms with E-state index in [4.69, 9.17) is 4.42 Å². The molecular weight excluding hydrogens is 302 g/mol. The van der Waals surface area contributed by atoms with Gasteiger partial charge in [-0.1, -0.05) is 0 Å². The minimum absolute atomic E-state index is 0.0537. The van der Waals surface area contributed by atoms with Gasteiger partial charge in [0.05, 0.1) is 11.7 Å². The molecule has 3 aromatic rings. The summed E-state index contributed by atoms with van der Waals surface area (Å²) in [4.78, 5) is 19.6. The number of carbonyl (C=O) groups is 1. The first-order valence-electron chi connectivity index (χ1n) is 8.34. The molecule has 4 rings (SSSR count). The van der Waals surface area contributed by atoms with Gasteiger partial charge in [0.2, 0.25) is 0 Å². The summed E-state index contributed by atoms with van der Waals surface area (Å²) in [6, 6.07) is 7.68. The van der Waals surface area contributed by atoms with Gasteiger partial charge >= 0.3 is 0 Å². The highest BCUT2D eigenvalue weighted by atomic mass is 16.3. The molecule has 0 spiro atoms. The quantitative estimate of drug-likeness (QED) is 0.721. The summed E-state index contributed by atoms with van der Waals surface area (Å²) >= 11 is 0. The molecule has 0 radical (unpaired) electrons. The van der Waals surface area contributed by atoms with Crippen molar-refractivity contribution in [1.82, 2.24) is 14.5 Å². The van der Waals surface area contributed by atoms with E-state index in [1.807, 2.05) is 60.8 Å². The van der Waals surface area contributed by atoms with Gasteiger partial charge in [0.25, 0.3) is 5.91 Å². The van der Waals surface area contributed by atoms with Crippen molar-refractivity contribution in [3.63, 3.8) is 0 Å². The topological polar surface area (TPSA) is 51.3 Å². The van der Waals surface area contributed by atoms with Crippen molar-refractivity contribution in [3.8, 4) is 0 Å². The van der Waals surface area contributed by atoms with Gasteiger partial charge in [-0.25, -0.2) is 4.98 Å². The van der Waals surface area contributed by atoms with E-state index in [9.17, 15) is 4.79 Å². The van der Waals surface area contributed by atoms with Crippen molar-refractivity contribution in [2.75, 3.05) is 6.54 Å². The van der Waals surface area contributed by atoms with Gasteiger partial charge in [-0.15, -0.1) is 0 Å². The summed E-state index contributed by atoms with van der Waals surface area (Å²) in [5, 5.41) is 0.974. The minimum atomic E-state index is 0.0537. The second-order valence-corrected chi connectivity index (χ2v) is 6.62. The van der Waals surface area contributed by atoms with Crippen molar-refractivity contribution < 1.29 is 9.21 Å². The van der Waals surface area contributed by atoms with E-state index in [0.29, 0.717) is 5.56 Å². The fraction of sp³-hybridized carbons (Fsp3) is 0.368. The normalized spacial score (nSPS) is 17.8. The summed E-state index contributed by atoms with van der Waals surface area (Å²) in [6.45, 7) is 4.68. The molecule has 1 aromatic carbocycles. The average Bonchev–Trinajstić information content (AvgIpc) is 3.22. The molecule has 1 unspecified atom stereocenters. The van der Waals surface area contributed by atoms with Crippen LogP contribution in [0.2, 0.25) is 0 Å². The third kappa shape index (κ3) is 2.40. The van der Waals surface area contributed by atoms with Crippen molar-refractivity contribution in [3.05, 3.63) is 53.3 Å². The summed E-state index contributed by atoms with van der Waals surface area (Å²) in [6.07, 6.45) is 3.98. The SMILES string of the molecule is Cc1cn(C)c(C2CCCN2C(=O)c2ccc3oc(C)cc3c2)n1. The summed E-state index contributed by atoms with van der Waals surface area (Å²) in [7, 11) is 2.00. The molecule has 1 atom stereocenters. The Morgan fingerprint density at radius 1 is 1.29 bits per heavy atom. The Bertz CT molecular complexity index is 922. The molecule has 1 saturated heterocycles. The van der Waals surface area contributed by atoms with Crippen LogP contribution < -0.4 is 0 Å². The lowest BCUT2D eigenvalue weighted by atomic mass is 10.1. The molecule has 5 nitrogen and oxygen atoms in total. The molecule has 0 aliphatic carbocycles. The first-order chi connectivity index (χ1) is 11.5. The smallest absolute Gasteiger partial charge is 0.254 e. The monoisotopic (exact) mass is 323 g/mol. The largest absolute Gasteiger partial charge is 0.461 e. The highest BCUT2D eigenvalue weighted by Crippen LogP contribution is 2.33. The number of hydrogen-bond donors (Lipinski definition) is 0.